The van der Waals surface area contributed by atoms with Gasteiger partial charge in [-0.15, -0.1) is 0 Å². The fourth-order valence-corrected chi connectivity index (χ4v) is 3.61. The first-order chi connectivity index (χ1) is 11.8. The third-order valence-corrected chi connectivity index (χ3v) is 4.66. The summed E-state index contributed by atoms with van der Waals surface area (Å²) in [6, 6.07) is 21.0. The second kappa shape index (κ2) is 4.90. The van der Waals surface area contributed by atoms with E-state index in [0.29, 0.717) is 0 Å². The lowest BCUT2D eigenvalue weighted by Gasteiger charge is -2.14. The molecule has 0 spiro atoms. The second-order valence-electron chi connectivity index (χ2n) is 6.04. The van der Waals surface area contributed by atoms with Gasteiger partial charge in [0, 0.05) is 22.5 Å². The van der Waals surface area contributed by atoms with Crippen LogP contribution in [0.5, 0.6) is 0 Å². The summed E-state index contributed by atoms with van der Waals surface area (Å²) in [4.78, 5) is 4.60. The van der Waals surface area contributed by atoms with Gasteiger partial charge in [0.1, 0.15) is 0 Å². The first-order valence-corrected chi connectivity index (χ1v) is 8.04. The van der Waals surface area contributed by atoms with Crippen molar-refractivity contribution in [2.24, 2.45) is 0 Å². The number of hydrogen-bond donors (Lipinski definition) is 0. The predicted octanol–water partition coefficient (Wildman–Crippen LogP) is 5.01. The van der Waals surface area contributed by atoms with Crippen molar-refractivity contribution >= 4 is 27.2 Å². The molecule has 0 N–H and O–H groups in total. The van der Waals surface area contributed by atoms with Crippen molar-refractivity contribution in [1.29, 1.82) is 0 Å². The van der Waals surface area contributed by atoms with Crippen molar-refractivity contribution in [3.05, 3.63) is 78.6 Å². The van der Waals surface area contributed by atoms with E-state index in [1.165, 1.54) is 27.3 Å². The number of nitrogens with zero attached hydrogens (tertiary/aromatic N) is 3. The molecule has 0 fully saturated rings. The summed E-state index contributed by atoms with van der Waals surface area (Å²) >= 11 is 0. The number of pyridine rings is 2. The van der Waals surface area contributed by atoms with Crippen molar-refractivity contribution in [2.75, 3.05) is 0 Å². The van der Waals surface area contributed by atoms with Crippen LogP contribution in [0.2, 0.25) is 0 Å². The molecule has 5 aromatic rings. The number of aryl methyl sites for hydroxylation is 1. The van der Waals surface area contributed by atoms with E-state index in [1.54, 1.807) is 0 Å². The molecule has 2 aromatic carbocycles. The Morgan fingerprint density at radius 3 is 2.42 bits per heavy atom. The maximum atomic E-state index is 4.60. The summed E-state index contributed by atoms with van der Waals surface area (Å²) in [5.41, 5.74) is 5.64. The molecule has 5 rings (SSSR count). The third kappa shape index (κ3) is 1.72. The van der Waals surface area contributed by atoms with Gasteiger partial charge >= 0.3 is 0 Å². The van der Waals surface area contributed by atoms with Crippen LogP contribution in [0.25, 0.3) is 38.4 Å². The van der Waals surface area contributed by atoms with Crippen LogP contribution in [0.4, 0.5) is 0 Å². The normalized spacial score (nSPS) is 11.5. The Hall–Kier alpha value is -3.20. The van der Waals surface area contributed by atoms with Crippen molar-refractivity contribution in [3.8, 4) is 11.3 Å². The van der Waals surface area contributed by atoms with Crippen LogP contribution in [-0.2, 0) is 0 Å². The van der Waals surface area contributed by atoms with E-state index in [1.807, 2.05) is 29.0 Å². The van der Waals surface area contributed by atoms with Gasteiger partial charge in [-0.25, -0.2) is 4.52 Å². The van der Waals surface area contributed by atoms with Crippen LogP contribution in [-0.4, -0.2) is 14.6 Å². The van der Waals surface area contributed by atoms with Crippen molar-refractivity contribution < 1.29 is 0 Å². The molecule has 0 saturated carbocycles. The summed E-state index contributed by atoms with van der Waals surface area (Å²) in [5, 5.41) is 8.22. The molecule has 0 unspecified atom stereocenters. The van der Waals surface area contributed by atoms with E-state index in [-0.39, 0.29) is 0 Å². The van der Waals surface area contributed by atoms with Crippen LogP contribution >= 0.6 is 0 Å². The highest BCUT2D eigenvalue weighted by molar-refractivity contribution is 6.17. The summed E-state index contributed by atoms with van der Waals surface area (Å²) < 4.78 is 2.03. The Bertz CT molecular complexity index is 1200. The molecular weight excluding hydrogens is 294 g/mol. The van der Waals surface area contributed by atoms with Gasteiger partial charge < -0.3 is 0 Å². The Balaban J connectivity index is 2.11. The Morgan fingerprint density at radius 2 is 1.58 bits per heavy atom. The molecule has 0 saturated heterocycles. The van der Waals surface area contributed by atoms with Gasteiger partial charge in [0.15, 0.2) is 0 Å². The molecule has 0 atom stereocenters. The lowest BCUT2D eigenvalue weighted by molar-refractivity contribution is 1.01. The van der Waals surface area contributed by atoms with Crippen LogP contribution in [0.3, 0.4) is 0 Å². The van der Waals surface area contributed by atoms with Crippen molar-refractivity contribution in [1.82, 2.24) is 14.6 Å². The van der Waals surface area contributed by atoms with Gasteiger partial charge in [-0.1, -0.05) is 36.4 Å². The monoisotopic (exact) mass is 309 g/mol. The zero-order valence-electron chi connectivity index (χ0n) is 13.3. The van der Waals surface area contributed by atoms with Crippen LogP contribution in [0.1, 0.15) is 5.56 Å². The van der Waals surface area contributed by atoms with E-state index >= 15 is 0 Å². The third-order valence-electron chi connectivity index (χ3n) is 4.66. The fraction of sp³-hybridized carbons (Fsp3) is 0.0476. The smallest absolute Gasteiger partial charge is 0.0747 e. The largest absolute Gasteiger partial charge is 0.256 e. The van der Waals surface area contributed by atoms with Crippen LogP contribution < -0.4 is 0 Å². The molecule has 3 nitrogen and oxygen atoms in total. The summed E-state index contributed by atoms with van der Waals surface area (Å²) in [5.74, 6) is 0. The van der Waals surface area contributed by atoms with E-state index in [4.69, 9.17) is 0 Å². The lowest BCUT2D eigenvalue weighted by Crippen LogP contribution is -1.96. The van der Waals surface area contributed by atoms with Gasteiger partial charge in [-0.3, -0.25) is 4.98 Å². The molecule has 0 aliphatic heterocycles. The molecule has 3 heterocycles. The molecule has 0 aliphatic carbocycles. The molecule has 24 heavy (non-hydrogen) atoms. The minimum absolute atomic E-state index is 0.997. The van der Waals surface area contributed by atoms with Crippen molar-refractivity contribution in [2.45, 2.75) is 6.92 Å². The average molecular weight is 309 g/mol. The highest BCUT2D eigenvalue weighted by atomic mass is 15.2. The minimum Gasteiger partial charge on any atom is -0.256 e. The van der Waals surface area contributed by atoms with Crippen molar-refractivity contribution in [3.63, 3.8) is 0 Å². The Kier molecular flexibility index (Phi) is 2.71. The number of hydrogen-bond acceptors (Lipinski definition) is 2. The highest BCUT2D eigenvalue weighted by Crippen LogP contribution is 2.37. The molecule has 0 amide bonds. The van der Waals surface area contributed by atoms with Gasteiger partial charge in [-0.05, 0) is 42.1 Å². The maximum Gasteiger partial charge on any atom is 0.0747 e. The number of benzene rings is 2. The topological polar surface area (TPSA) is 30.2 Å². The lowest BCUT2D eigenvalue weighted by atomic mass is 9.95. The minimum atomic E-state index is 0.997. The van der Waals surface area contributed by atoms with E-state index in [9.17, 15) is 0 Å². The maximum absolute atomic E-state index is 4.60. The molecule has 3 aromatic heterocycles. The predicted molar refractivity (Wildman–Crippen MR) is 98.2 cm³/mol. The second-order valence-corrected chi connectivity index (χ2v) is 6.04. The quantitative estimate of drug-likeness (QED) is 0.407. The molecule has 114 valence electrons. The zero-order valence-corrected chi connectivity index (χ0v) is 13.3. The highest BCUT2D eigenvalue weighted by Gasteiger charge is 2.15. The van der Waals surface area contributed by atoms with Gasteiger partial charge in [0.05, 0.1) is 22.9 Å². The average Bonchev–Trinajstić information content (AvgIpc) is 3.12. The zero-order chi connectivity index (χ0) is 16.1. The molecule has 0 aliphatic rings. The Labute approximate surface area is 139 Å². The molecule has 0 bridgehead atoms. The fourth-order valence-electron chi connectivity index (χ4n) is 3.61. The molecular formula is C21H15N3. The summed E-state index contributed by atoms with van der Waals surface area (Å²) in [6.45, 7) is 2.14. The standard InChI is InChI=1S/C21H15N3/c1-14-9-10-19-21(20(14)17-8-4-5-12-22-17)16-7-3-2-6-15(16)18-11-13-23-24(18)19/h2-13H,1H3. The van der Waals surface area contributed by atoms with E-state index in [2.05, 4.69) is 65.5 Å². The first kappa shape index (κ1) is 13.3. The van der Waals surface area contributed by atoms with Gasteiger partial charge in [-0.2, -0.15) is 5.10 Å². The molecule has 0 radical (unpaired) electrons. The summed E-state index contributed by atoms with van der Waals surface area (Å²) in [7, 11) is 0. The SMILES string of the molecule is Cc1ccc2c(c1-c1ccccn1)c1ccccc1c1ccnn12. The van der Waals surface area contributed by atoms with E-state index in [0.717, 1.165) is 16.7 Å². The Morgan fingerprint density at radius 1 is 0.750 bits per heavy atom. The van der Waals surface area contributed by atoms with E-state index < -0.39 is 0 Å². The number of aromatic nitrogens is 3. The molecule has 3 heteroatoms. The van der Waals surface area contributed by atoms with Gasteiger partial charge in [0.25, 0.3) is 0 Å². The first-order valence-electron chi connectivity index (χ1n) is 8.04. The van der Waals surface area contributed by atoms with Gasteiger partial charge in [0.2, 0.25) is 0 Å². The van der Waals surface area contributed by atoms with Crippen LogP contribution in [0, 0.1) is 6.92 Å². The number of rotatable bonds is 1. The number of fused-ring (bicyclic) bond motifs is 6. The summed E-state index contributed by atoms with van der Waals surface area (Å²) in [6.07, 6.45) is 3.71. The van der Waals surface area contributed by atoms with Crippen LogP contribution in [0.15, 0.2) is 73.1 Å².